The van der Waals surface area contributed by atoms with Crippen LogP contribution in [0.1, 0.15) is 36.4 Å². The van der Waals surface area contributed by atoms with Crippen LogP contribution in [0.3, 0.4) is 0 Å². The first kappa shape index (κ1) is 22.4. The molecule has 3 aromatic heterocycles. The van der Waals surface area contributed by atoms with Gasteiger partial charge >= 0.3 is 5.82 Å². The molecule has 5 nitrogen and oxygen atoms in total. The van der Waals surface area contributed by atoms with Gasteiger partial charge in [0.05, 0.1) is 31.5 Å². The molecule has 0 spiro atoms. The van der Waals surface area contributed by atoms with E-state index >= 15 is 8.96 Å². The number of aryl methyl sites for hydroxylation is 2. The van der Waals surface area contributed by atoms with E-state index in [1.54, 1.807) is 37.1 Å². The summed E-state index contributed by atoms with van der Waals surface area (Å²) in [6, 6.07) is 11.7. The second kappa shape index (κ2) is 8.42. The van der Waals surface area contributed by atoms with Crippen LogP contribution in [0.4, 0.5) is 14.8 Å². The first-order chi connectivity index (χ1) is 16.3. The van der Waals surface area contributed by atoms with E-state index in [1.807, 2.05) is 56.3 Å². The molecule has 0 atom stereocenters. The van der Waals surface area contributed by atoms with E-state index in [2.05, 4.69) is 14.9 Å². The van der Waals surface area contributed by atoms with Gasteiger partial charge in [0.25, 0.3) is 0 Å². The summed E-state index contributed by atoms with van der Waals surface area (Å²) in [5, 5.41) is 0. The molecule has 5 rings (SSSR count). The average molecular weight is 461 g/mol. The molecule has 0 saturated heterocycles. The highest BCUT2D eigenvalue weighted by Gasteiger charge is 2.55. The zero-order valence-corrected chi connectivity index (χ0v) is 19.9. The number of quaternary nitrogens is 1. The minimum absolute atomic E-state index is 0.0179. The van der Waals surface area contributed by atoms with Crippen molar-refractivity contribution < 1.29 is 8.96 Å². The smallest absolute Gasteiger partial charge is 0.300 e. The summed E-state index contributed by atoms with van der Waals surface area (Å²) >= 11 is 0. The highest BCUT2D eigenvalue weighted by Crippen LogP contribution is 2.53. The van der Waals surface area contributed by atoms with Gasteiger partial charge in [0.15, 0.2) is 0 Å². The van der Waals surface area contributed by atoms with Gasteiger partial charge in [0, 0.05) is 50.8 Å². The summed E-state index contributed by atoms with van der Waals surface area (Å²) in [7, 11) is 1.70. The van der Waals surface area contributed by atoms with E-state index < -0.39 is 4.93 Å². The molecule has 0 bridgehead atoms. The molecule has 0 saturated carbocycles. The second-order valence-electron chi connectivity index (χ2n) is 9.14. The van der Waals surface area contributed by atoms with Crippen LogP contribution in [-0.2, 0) is 20.1 Å². The SMILES string of the molecule is CC1=CC(C)=C2C1=C(CN(Cc1ccccn1)Cc1ccccn1)c1c(C)cn(C)c1[N+]2(F)F. The lowest BCUT2D eigenvalue weighted by Gasteiger charge is -2.30. The third-order valence-electron chi connectivity index (χ3n) is 6.53. The summed E-state index contributed by atoms with van der Waals surface area (Å²) in [6.07, 6.45) is 7.24. The maximum absolute atomic E-state index is 15.8. The maximum Gasteiger partial charge on any atom is 0.302 e. The lowest BCUT2D eigenvalue weighted by atomic mass is 9.90. The first-order valence-electron chi connectivity index (χ1n) is 11.4. The van der Waals surface area contributed by atoms with E-state index in [4.69, 9.17) is 0 Å². The Morgan fingerprint density at radius 1 is 0.912 bits per heavy atom. The van der Waals surface area contributed by atoms with E-state index in [9.17, 15) is 0 Å². The van der Waals surface area contributed by atoms with E-state index in [0.29, 0.717) is 36.3 Å². The number of rotatable bonds is 6. The minimum Gasteiger partial charge on any atom is -0.300 e. The van der Waals surface area contributed by atoms with Crippen molar-refractivity contribution >= 4 is 11.4 Å². The number of fused-ring (bicyclic) bond motifs is 2. The normalized spacial score (nSPS) is 16.7. The second-order valence-corrected chi connectivity index (χ2v) is 9.14. The van der Waals surface area contributed by atoms with Gasteiger partial charge in [-0.1, -0.05) is 12.1 Å². The van der Waals surface area contributed by atoms with Crippen molar-refractivity contribution in [2.24, 2.45) is 7.05 Å². The summed E-state index contributed by atoms with van der Waals surface area (Å²) in [6.45, 7) is 7.29. The fourth-order valence-corrected chi connectivity index (χ4v) is 5.29. The summed E-state index contributed by atoms with van der Waals surface area (Å²) in [5.41, 5.74) is 6.52. The number of nitrogens with zero attached hydrogens (tertiary/aromatic N) is 5. The molecule has 7 heteroatoms. The fourth-order valence-electron chi connectivity index (χ4n) is 5.29. The van der Waals surface area contributed by atoms with E-state index in [-0.39, 0.29) is 11.5 Å². The molecule has 3 aromatic rings. The van der Waals surface area contributed by atoms with Gasteiger partial charge in [0.1, 0.15) is 4.93 Å². The number of allylic oxidation sites excluding steroid dienone is 3. The number of pyridine rings is 2. The fraction of sp³-hybridized carbons (Fsp3) is 0.259. The molecule has 1 aliphatic heterocycles. The van der Waals surface area contributed by atoms with Gasteiger partial charge in [-0.05, 0) is 67.8 Å². The van der Waals surface area contributed by atoms with Crippen LogP contribution >= 0.6 is 0 Å². The van der Waals surface area contributed by atoms with Crippen molar-refractivity contribution in [2.75, 3.05) is 6.54 Å². The predicted molar refractivity (Wildman–Crippen MR) is 130 cm³/mol. The molecule has 0 radical (unpaired) electrons. The zero-order valence-electron chi connectivity index (χ0n) is 19.9. The lowest BCUT2D eigenvalue weighted by Crippen LogP contribution is -2.37. The van der Waals surface area contributed by atoms with Crippen LogP contribution in [-0.4, -0.2) is 26.0 Å². The van der Waals surface area contributed by atoms with Gasteiger partial charge in [-0.15, -0.1) is 0 Å². The van der Waals surface area contributed by atoms with Crippen molar-refractivity contribution in [2.45, 2.75) is 33.9 Å². The Kier molecular flexibility index (Phi) is 5.54. The quantitative estimate of drug-likeness (QED) is 0.429. The molecule has 1 aliphatic carbocycles. The van der Waals surface area contributed by atoms with Gasteiger partial charge < -0.3 is 4.57 Å². The van der Waals surface area contributed by atoms with Crippen molar-refractivity contribution in [1.29, 1.82) is 0 Å². The topological polar surface area (TPSA) is 34.0 Å². The molecule has 174 valence electrons. The predicted octanol–water partition coefficient (Wildman–Crippen LogP) is 5.90. The van der Waals surface area contributed by atoms with E-state index in [0.717, 1.165) is 28.1 Å². The number of aromatic nitrogens is 3. The maximum atomic E-state index is 15.8. The third kappa shape index (κ3) is 3.71. The molecule has 34 heavy (non-hydrogen) atoms. The summed E-state index contributed by atoms with van der Waals surface area (Å²) in [5.74, 6) is 0.0179. The number of halogens is 2. The van der Waals surface area contributed by atoms with Crippen LogP contribution in [0.15, 0.2) is 83.5 Å². The standard InChI is InChI=1S/C27H28F2N5/c1-18-13-19(2)26-24(18)23(25-20(3)14-32(4)27(25)34(26,28)29)17-33(15-21-9-5-7-11-30-21)16-22-10-6-8-12-31-22/h5-14H,15-17H2,1-4H3/q+1. The summed E-state index contributed by atoms with van der Waals surface area (Å²) < 4.78 is 33.2. The largest absolute Gasteiger partial charge is 0.302 e. The Labute approximate surface area is 198 Å². The Hall–Kier alpha value is -3.42. The Bertz CT molecular complexity index is 1290. The summed E-state index contributed by atoms with van der Waals surface area (Å²) in [4.78, 5) is 9.02. The van der Waals surface area contributed by atoms with Crippen LogP contribution in [0.2, 0.25) is 0 Å². The van der Waals surface area contributed by atoms with Crippen molar-refractivity contribution in [3.05, 3.63) is 106 Å². The van der Waals surface area contributed by atoms with Crippen molar-refractivity contribution in [1.82, 2.24) is 24.4 Å². The molecule has 0 fully saturated rings. The first-order valence-corrected chi connectivity index (χ1v) is 11.4. The molecule has 0 aromatic carbocycles. The van der Waals surface area contributed by atoms with Gasteiger partial charge in [0.2, 0.25) is 5.70 Å². The monoisotopic (exact) mass is 460 g/mol. The molecule has 0 N–H and O–H groups in total. The molecule has 4 heterocycles. The highest BCUT2D eigenvalue weighted by atomic mass is 19.4. The zero-order chi connectivity index (χ0) is 24.0. The molecule has 0 unspecified atom stereocenters. The average Bonchev–Trinajstić information content (AvgIpc) is 3.28. The lowest BCUT2D eigenvalue weighted by molar-refractivity contribution is -0.108. The van der Waals surface area contributed by atoms with Gasteiger partial charge in [-0.3, -0.25) is 14.9 Å². The molecule has 0 amide bonds. The minimum atomic E-state index is -2.24. The number of hydrogen-bond acceptors (Lipinski definition) is 3. The van der Waals surface area contributed by atoms with Crippen LogP contribution in [0.5, 0.6) is 0 Å². The highest BCUT2D eigenvalue weighted by molar-refractivity contribution is 5.90. The third-order valence-corrected chi connectivity index (χ3v) is 6.53. The van der Waals surface area contributed by atoms with Crippen molar-refractivity contribution in [3.63, 3.8) is 0 Å². The van der Waals surface area contributed by atoms with Crippen molar-refractivity contribution in [3.8, 4) is 0 Å². The number of hydrogen-bond donors (Lipinski definition) is 0. The Morgan fingerprint density at radius 3 is 2.09 bits per heavy atom. The van der Waals surface area contributed by atoms with E-state index in [1.165, 1.54) is 0 Å². The molecular formula is C27H28F2N5+. The Balaban J connectivity index is 1.64. The van der Waals surface area contributed by atoms with Crippen LogP contribution in [0.25, 0.3) is 5.57 Å². The molecule has 2 aliphatic rings. The Morgan fingerprint density at radius 2 is 1.53 bits per heavy atom. The van der Waals surface area contributed by atoms with Gasteiger partial charge in [-0.25, -0.2) is 0 Å². The van der Waals surface area contributed by atoms with Gasteiger partial charge in [-0.2, -0.15) is 0 Å². The molecular weight excluding hydrogens is 432 g/mol. The van der Waals surface area contributed by atoms with Crippen LogP contribution < -0.4 is 4.93 Å². The van der Waals surface area contributed by atoms with Crippen LogP contribution in [0, 0.1) is 6.92 Å².